The van der Waals surface area contributed by atoms with Crippen LogP contribution in [0, 0.1) is 10.1 Å². The van der Waals surface area contributed by atoms with Crippen LogP contribution in [0.1, 0.15) is 30.0 Å². The lowest BCUT2D eigenvalue weighted by Crippen LogP contribution is -3.10. The highest BCUT2D eigenvalue weighted by atomic mass is 16.6. The van der Waals surface area contributed by atoms with Gasteiger partial charge in [0.2, 0.25) is 0 Å². The number of methoxy groups -OCH3 is 1. The zero-order valence-electron chi connectivity index (χ0n) is 15.5. The predicted octanol–water partition coefficient (Wildman–Crippen LogP) is 2.13. The Hall–Kier alpha value is -2.93. The highest BCUT2D eigenvalue weighted by molar-refractivity contribution is 5.93. The molecule has 1 amide bonds. The van der Waals surface area contributed by atoms with Crippen molar-refractivity contribution in [1.82, 2.24) is 0 Å². The molecule has 0 fully saturated rings. The predicted molar refractivity (Wildman–Crippen MR) is 102 cm³/mol. The fourth-order valence-corrected chi connectivity index (χ4v) is 3.74. The van der Waals surface area contributed by atoms with E-state index in [4.69, 9.17) is 4.74 Å². The van der Waals surface area contributed by atoms with Crippen molar-refractivity contribution >= 4 is 17.3 Å². The number of hydrogen-bond donors (Lipinski definition) is 2. The zero-order valence-corrected chi connectivity index (χ0v) is 15.5. The van der Waals surface area contributed by atoms with Gasteiger partial charge in [-0.1, -0.05) is 24.3 Å². The molecule has 7 heteroatoms. The number of fused-ring (bicyclic) bond motifs is 1. The van der Waals surface area contributed by atoms with Crippen LogP contribution in [0.5, 0.6) is 5.75 Å². The Labute approximate surface area is 158 Å². The van der Waals surface area contributed by atoms with Crippen LogP contribution in [0.25, 0.3) is 0 Å². The molecule has 0 aromatic heterocycles. The van der Waals surface area contributed by atoms with E-state index in [0.717, 1.165) is 24.2 Å². The lowest BCUT2D eigenvalue weighted by molar-refractivity contribution is -0.905. The van der Waals surface area contributed by atoms with Crippen LogP contribution >= 0.6 is 0 Å². The van der Waals surface area contributed by atoms with Gasteiger partial charge in [0.05, 0.1) is 24.8 Å². The molecule has 2 N–H and O–H groups in total. The number of carbonyl (C=O) groups is 1. The molecule has 2 aromatic carbocycles. The van der Waals surface area contributed by atoms with E-state index in [0.29, 0.717) is 11.4 Å². The van der Waals surface area contributed by atoms with E-state index in [1.54, 1.807) is 0 Å². The molecule has 0 spiro atoms. The summed E-state index contributed by atoms with van der Waals surface area (Å²) >= 11 is 0. The second-order valence-corrected chi connectivity index (χ2v) is 6.86. The summed E-state index contributed by atoms with van der Waals surface area (Å²) in [4.78, 5) is 24.2. The molecule has 142 valence electrons. The number of carbonyl (C=O) groups excluding carboxylic acids is 1. The van der Waals surface area contributed by atoms with Crippen LogP contribution in [0.4, 0.5) is 11.4 Å². The van der Waals surface area contributed by atoms with Gasteiger partial charge in [-0.2, -0.15) is 0 Å². The van der Waals surface area contributed by atoms with Gasteiger partial charge in [-0.15, -0.1) is 0 Å². The quantitative estimate of drug-likeness (QED) is 0.603. The molecule has 2 atom stereocenters. The van der Waals surface area contributed by atoms with E-state index < -0.39 is 4.92 Å². The van der Waals surface area contributed by atoms with Gasteiger partial charge in [0.15, 0.2) is 6.54 Å². The van der Waals surface area contributed by atoms with Gasteiger partial charge >= 0.3 is 0 Å². The van der Waals surface area contributed by atoms with Crippen molar-refractivity contribution in [2.24, 2.45) is 0 Å². The number of nitrogens with one attached hydrogen (secondary N) is 2. The van der Waals surface area contributed by atoms with Crippen molar-refractivity contribution in [3.05, 3.63) is 63.7 Å². The molecule has 0 aliphatic heterocycles. The minimum atomic E-state index is -0.495. The van der Waals surface area contributed by atoms with Crippen LogP contribution in [-0.4, -0.2) is 31.5 Å². The first kappa shape index (κ1) is 18.8. The van der Waals surface area contributed by atoms with E-state index in [2.05, 4.69) is 23.5 Å². The van der Waals surface area contributed by atoms with E-state index in [1.165, 1.54) is 36.4 Å². The van der Waals surface area contributed by atoms with Crippen LogP contribution in [0.2, 0.25) is 0 Å². The van der Waals surface area contributed by atoms with Gasteiger partial charge < -0.3 is 15.0 Å². The average molecular weight is 370 g/mol. The molecule has 1 aliphatic carbocycles. The Bertz CT molecular complexity index is 853. The minimum absolute atomic E-state index is 0.0898. The van der Waals surface area contributed by atoms with Gasteiger partial charge in [0, 0.05) is 24.1 Å². The van der Waals surface area contributed by atoms with Crippen LogP contribution in [-0.2, 0) is 11.2 Å². The number of amides is 1. The molecule has 0 bridgehead atoms. The number of aryl methyl sites for hydroxylation is 1. The summed E-state index contributed by atoms with van der Waals surface area (Å²) in [7, 11) is 3.48. The molecular formula is C20H24N3O4+. The van der Waals surface area contributed by atoms with Gasteiger partial charge in [-0.05, 0) is 24.5 Å². The third-order valence-corrected chi connectivity index (χ3v) is 5.07. The van der Waals surface area contributed by atoms with Gasteiger partial charge in [-0.3, -0.25) is 14.9 Å². The third kappa shape index (κ3) is 4.25. The molecule has 7 nitrogen and oxygen atoms in total. The van der Waals surface area contributed by atoms with Gasteiger partial charge in [0.25, 0.3) is 11.6 Å². The van der Waals surface area contributed by atoms with E-state index in [-0.39, 0.29) is 24.2 Å². The summed E-state index contributed by atoms with van der Waals surface area (Å²) in [6.45, 7) is 0.269. The molecule has 2 aromatic rings. The second-order valence-electron chi connectivity index (χ2n) is 6.86. The number of ether oxygens (including phenoxy) is 1. The highest BCUT2D eigenvalue weighted by Crippen LogP contribution is 2.29. The molecule has 1 unspecified atom stereocenters. The van der Waals surface area contributed by atoms with Crippen molar-refractivity contribution in [2.45, 2.75) is 25.3 Å². The summed E-state index contributed by atoms with van der Waals surface area (Å²) in [5.41, 5.74) is 2.89. The maximum Gasteiger partial charge on any atom is 0.279 e. The SMILES string of the molecule is COc1ccc([N+](=O)[O-])cc1NC(=O)C[NH+](C)[C@H]1CCCc2ccccc21. The van der Waals surface area contributed by atoms with Crippen molar-refractivity contribution in [1.29, 1.82) is 0 Å². The topological polar surface area (TPSA) is 85.9 Å². The van der Waals surface area contributed by atoms with Gasteiger partial charge in [0.1, 0.15) is 11.8 Å². The lowest BCUT2D eigenvalue weighted by Gasteiger charge is -2.30. The van der Waals surface area contributed by atoms with Crippen LogP contribution < -0.4 is 15.0 Å². The second kappa shape index (κ2) is 8.18. The molecular weight excluding hydrogens is 346 g/mol. The number of rotatable bonds is 6. The molecule has 0 saturated carbocycles. The number of nitrogens with zero attached hydrogens (tertiary/aromatic N) is 1. The van der Waals surface area contributed by atoms with Crippen LogP contribution in [0.15, 0.2) is 42.5 Å². The Balaban J connectivity index is 1.71. The molecule has 1 aliphatic rings. The molecule has 3 rings (SSSR count). The highest BCUT2D eigenvalue weighted by Gasteiger charge is 2.28. The maximum absolute atomic E-state index is 12.6. The standard InChI is InChI=1S/C20H23N3O4/c1-22(18-9-5-7-14-6-3-4-8-16(14)18)13-20(24)21-17-12-15(23(25)26)10-11-19(17)27-2/h3-4,6,8,10-12,18H,5,7,9,13H2,1-2H3,(H,21,24)/p+1/t18-/m0/s1. The van der Waals surface area contributed by atoms with Gasteiger partial charge in [-0.25, -0.2) is 0 Å². The van der Waals surface area contributed by atoms with E-state index in [9.17, 15) is 14.9 Å². The van der Waals surface area contributed by atoms with Crippen molar-refractivity contribution in [2.75, 3.05) is 26.0 Å². The first-order valence-corrected chi connectivity index (χ1v) is 9.02. The van der Waals surface area contributed by atoms with Crippen molar-refractivity contribution in [3.8, 4) is 5.75 Å². The normalized spacial score (nSPS) is 16.9. The number of nitro benzene ring substituents is 1. The summed E-state index contributed by atoms with van der Waals surface area (Å²) in [5, 5.41) is 13.7. The summed E-state index contributed by atoms with van der Waals surface area (Å²) in [6, 6.07) is 12.8. The number of hydrogen-bond acceptors (Lipinski definition) is 4. The lowest BCUT2D eigenvalue weighted by atomic mass is 9.87. The van der Waals surface area contributed by atoms with Crippen LogP contribution in [0.3, 0.4) is 0 Å². The fourth-order valence-electron chi connectivity index (χ4n) is 3.74. The number of benzene rings is 2. The first-order valence-electron chi connectivity index (χ1n) is 9.02. The smallest absolute Gasteiger partial charge is 0.279 e. The molecule has 0 saturated heterocycles. The molecule has 27 heavy (non-hydrogen) atoms. The largest absolute Gasteiger partial charge is 0.495 e. The number of anilines is 1. The first-order chi connectivity index (χ1) is 13.0. The minimum Gasteiger partial charge on any atom is -0.495 e. The number of non-ortho nitro benzene ring substituents is 1. The number of likely N-dealkylation sites (N-methyl/N-ethyl adjacent to an activating group) is 1. The Morgan fingerprint density at radius 2 is 2.11 bits per heavy atom. The van der Waals surface area contributed by atoms with Crippen molar-refractivity contribution in [3.63, 3.8) is 0 Å². The molecule has 0 heterocycles. The Morgan fingerprint density at radius 3 is 2.85 bits per heavy atom. The monoisotopic (exact) mass is 370 g/mol. The number of quaternary nitrogens is 1. The van der Waals surface area contributed by atoms with E-state index >= 15 is 0 Å². The summed E-state index contributed by atoms with van der Waals surface area (Å²) in [5.74, 6) is 0.198. The average Bonchev–Trinajstić information content (AvgIpc) is 2.67. The van der Waals surface area contributed by atoms with Crippen molar-refractivity contribution < 1.29 is 19.4 Å². The summed E-state index contributed by atoms with van der Waals surface area (Å²) in [6.07, 6.45) is 3.23. The molecule has 0 radical (unpaired) electrons. The Kier molecular flexibility index (Phi) is 5.71. The maximum atomic E-state index is 12.6. The number of nitro groups is 1. The third-order valence-electron chi connectivity index (χ3n) is 5.07. The van der Waals surface area contributed by atoms with E-state index in [1.807, 2.05) is 13.1 Å². The Morgan fingerprint density at radius 1 is 1.33 bits per heavy atom. The summed E-state index contributed by atoms with van der Waals surface area (Å²) < 4.78 is 5.20. The zero-order chi connectivity index (χ0) is 19.4. The fraction of sp³-hybridized carbons (Fsp3) is 0.350.